The van der Waals surface area contributed by atoms with Gasteiger partial charge < -0.3 is 15.0 Å². The van der Waals surface area contributed by atoms with Gasteiger partial charge >= 0.3 is 0 Å². The molecule has 1 aromatic heterocycles. The van der Waals surface area contributed by atoms with E-state index in [1.165, 1.54) is 16.5 Å². The molecule has 0 saturated carbocycles. The van der Waals surface area contributed by atoms with Crippen molar-refractivity contribution in [2.45, 2.75) is 26.3 Å². The molecule has 0 bridgehead atoms. The smallest absolute Gasteiger partial charge is 0.0554 e. The van der Waals surface area contributed by atoms with E-state index < -0.39 is 0 Å². The first-order valence-corrected chi connectivity index (χ1v) is 7.02. The molecule has 3 heteroatoms. The Kier molecular flexibility index (Phi) is 3.33. The van der Waals surface area contributed by atoms with Crippen molar-refractivity contribution >= 4 is 10.9 Å². The van der Waals surface area contributed by atoms with Gasteiger partial charge in [0.2, 0.25) is 0 Å². The molecule has 1 aliphatic heterocycles. The van der Waals surface area contributed by atoms with Gasteiger partial charge in [0.15, 0.2) is 0 Å². The van der Waals surface area contributed by atoms with Crippen LogP contribution in [-0.4, -0.2) is 30.8 Å². The maximum absolute atomic E-state index is 5.29. The predicted octanol–water partition coefficient (Wildman–Crippen LogP) is 2.73. The molecule has 0 spiro atoms. The molecule has 19 heavy (non-hydrogen) atoms. The molecule has 1 saturated heterocycles. The fraction of sp³-hybridized carbons (Fsp3) is 0.500. The monoisotopic (exact) mass is 258 g/mol. The number of hydrogen-bond donors (Lipinski definition) is 2. The van der Waals surface area contributed by atoms with Gasteiger partial charge in [-0.15, -0.1) is 0 Å². The maximum Gasteiger partial charge on any atom is 0.0554 e. The first-order chi connectivity index (χ1) is 9.16. The summed E-state index contributed by atoms with van der Waals surface area (Å²) in [4.78, 5) is 3.34. The second-order valence-corrected chi connectivity index (χ2v) is 6.15. The molecule has 0 amide bonds. The number of aromatic amines is 1. The highest BCUT2D eigenvalue weighted by Gasteiger charge is 2.33. The van der Waals surface area contributed by atoms with Crippen LogP contribution in [0.4, 0.5) is 0 Å². The van der Waals surface area contributed by atoms with Crippen molar-refractivity contribution in [2.75, 3.05) is 19.8 Å². The van der Waals surface area contributed by atoms with E-state index in [1.54, 1.807) is 0 Å². The van der Waals surface area contributed by atoms with E-state index in [-0.39, 0.29) is 0 Å². The Hall–Kier alpha value is -1.32. The average Bonchev–Trinajstić information content (AvgIpc) is 2.78. The Balaban J connectivity index is 1.61. The van der Waals surface area contributed by atoms with Crippen molar-refractivity contribution in [3.05, 3.63) is 36.0 Å². The van der Waals surface area contributed by atoms with E-state index in [2.05, 4.69) is 54.6 Å². The van der Waals surface area contributed by atoms with Crippen molar-refractivity contribution in [3.63, 3.8) is 0 Å². The van der Waals surface area contributed by atoms with Gasteiger partial charge in [-0.05, 0) is 25.0 Å². The quantitative estimate of drug-likeness (QED) is 0.865. The molecule has 1 aliphatic rings. The highest BCUT2D eigenvalue weighted by molar-refractivity contribution is 5.83. The van der Waals surface area contributed by atoms with Gasteiger partial charge in [-0.3, -0.25) is 0 Å². The van der Waals surface area contributed by atoms with Gasteiger partial charge in [-0.25, -0.2) is 0 Å². The first kappa shape index (κ1) is 12.7. The summed E-state index contributed by atoms with van der Waals surface area (Å²) in [6.07, 6.45) is 3.19. The lowest BCUT2D eigenvalue weighted by Crippen LogP contribution is -2.49. The Morgan fingerprint density at radius 3 is 2.89 bits per heavy atom. The largest absolute Gasteiger partial charge is 0.380 e. The standard InChI is InChI=1S/C16H22N2O/c1-12(18-9-16(2)10-19-11-16)7-13-8-17-15-6-4-3-5-14(13)15/h3-6,8,12,17-18H,7,9-11H2,1-2H3. The van der Waals surface area contributed by atoms with Crippen LogP contribution < -0.4 is 5.32 Å². The van der Waals surface area contributed by atoms with Crippen molar-refractivity contribution in [1.29, 1.82) is 0 Å². The van der Waals surface area contributed by atoms with Crippen LogP contribution >= 0.6 is 0 Å². The Morgan fingerprint density at radius 1 is 1.37 bits per heavy atom. The molecule has 2 N–H and O–H groups in total. The molecule has 3 rings (SSSR count). The number of fused-ring (bicyclic) bond motifs is 1. The summed E-state index contributed by atoms with van der Waals surface area (Å²) in [6, 6.07) is 8.97. The highest BCUT2D eigenvalue weighted by Crippen LogP contribution is 2.25. The second kappa shape index (κ2) is 4.99. The minimum absolute atomic E-state index is 0.342. The molecule has 0 radical (unpaired) electrons. The SMILES string of the molecule is CC(Cc1c[nH]c2ccccc12)NCC1(C)COC1. The van der Waals surface area contributed by atoms with Crippen molar-refractivity contribution < 1.29 is 4.74 Å². The van der Waals surface area contributed by atoms with Crippen molar-refractivity contribution in [3.8, 4) is 0 Å². The lowest BCUT2D eigenvalue weighted by molar-refractivity contribution is -0.0998. The molecule has 1 atom stereocenters. The fourth-order valence-corrected chi connectivity index (χ4v) is 2.68. The van der Waals surface area contributed by atoms with Crippen molar-refractivity contribution in [2.24, 2.45) is 5.41 Å². The highest BCUT2D eigenvalue weighted by atomic mass is 16.5. The van der Waals surface area contributed by atoms with Crippen LogP contribution in [0.25, 0.3) is 10.9 Å². The summed E-state index contributed by atoms with van der Waals surface area (Å²) < 4.78 is 5.29. The molecular formula is C16H22N2O. The number of para-hydroxylation sites is 1. The molecule has 2 aromatic rings. The number of aromatic nitrogens is 1. The second-order valence-electron chi connectivity index (χ2n) is 6.15. The van der Waals surface area contributed by atoms with Gasteiger partial charge in [0, 0.05) is 35.1 Å². The van der Waals surface area contributed by atoms with Crippen LogP contribution in [-0.2, 0) is 11.2 Å². The van der Waals surface area contributed by atoms with Crippen LogP contribution in [0.5, 0.6) is 0 Å². The molecule has 3 nitrogen and oxygen atoms in total. The fourth-order valence-electron chi connectivity index (χ4n) is 2.68. The number of ether oxygens (including phenoxy) is 1. The van der Waals surface area contributed by atoms with Gasteiger partial charge in [-0.1, -0.05) is 25.1 Å². The Labute approximate surface area is 114 Å². The van der Waals surface area contributed by atoms with Gasteiger partial charge in [-0.2, -0.15) is 0 Å². The third-order valence-electron chi connectivity index (χ3n) is 3.98. The van der Waals surface area contributed by atoms with Crippen LogP contribution in [0, 0.1) is 5.41 Å². The first-order valence-electron chi connectivity index (χ1n) is 7.02. The van der Waals surface area contributed by atoms with Crippen LogP contribution in [0.2, 0.25) is 0 Å². The third kappa shape index (κ3) is 2.67. The average molecular weight is 258 g/mol. The molecule has 1 aromatic carbocycles. The topological polar surface area (TPSA) is 37.0 Å². The maximum atomic E-state index is 5.29. The normalized spacial score (nSPS) is 19.3. The lowest BCUT2D eigenvalue weighted by atomic mass is 9.88. The number of rotatable bonds is 5. The van der Waals surface area contributed by atoms with E-state index >= 15 is 0 Å². The Bertz CT molecular complexity index is 557. The minimum Gasteiger partial charge on any atom is -0.380 e. The van der Waals surface area contributed by atoms with Crippen LogP contribution in [0.3, 0.4) is 0 Å². The van der Waals surface area contributed by atoms with E-state index in [1.807, 2.05) is 0 Å². The molecule has 0 aliphatic carbocycles. The zero-order valence-electron chi connectivity index (χ0n) is 11.7. The summed E-state index contributed by atoms with van der Waals surface area (Å²) in [5.41, 5.74) is 2.96. The van der Waals surface area contributed by atoms with E-state index in [4.69, 9.17) is 4.74 Å². The number of benzene rings is 1. The summed E-state index contributed by atoms with van der Waals surface area (Å²) in [5, 5.41) is 4.98. The number of H-pyrrole nitrogens is 1. The minimum atomic E-state index is 0.342. The summed E-state index contributed by atoms with van der Waals surface area (Å²) in [6.45, 7) is 7.35. The van der Waals surface area contributed by atoms with E-state index in [0.29, 0.717) is 11.5 Å². The van der Waals surface area contributed by atoms with Gasteiger partial charge in [0.1, 0.15) is 0 Å². The van der Waals surface area contributed by atoms with Crippen LogP contribution in [0.1, 0.15) is 19.4 Å². The molecule has 102 valence electrons. The van der Waals surface area contributed by atoms with E-state index in [0.717, 1.165) is 26.2 Å². The van der Waals surface area contributed by atoms with E-state index in [9.17, 15) is 0 Å². The molecule has 1 fully saturated rings. The summed E-state index contributed by atoms with van der Waals surface area (Å²) >= 11 is 0. The molecular weight excluding hydrogens is 236 g/mol. The number of nitrogens with one attached hydrogen (secondary N) is 2. The summed E-state index contributed by atoms with van der Waals surface area (Å²) in [7, 11) is 0. The van der Waals surface area contributed by atoms with Crippen LogP contribution in [0.15, 0.2) is 30.5 Å². The summed E-state index contributed by atoms with van der Waals surface area (Å²) in [5.74, 6) is 0. The zero-order valence-corrected chi connectivity index (χ0v) is 11.7. The zero-order chi connectivity index (χ0) is 13.3. The lowest BCUT2D eigenvalue weighted by Gasteiger charge is -2.39. The Morgan fingerprint density at radius 2 is 2.16 bits per heavy atom. The predicted molar refractivity (Wildman–Crippen MR) is 78.4 cm³/mol. The third-order valence-corrected chi connectivity index (χ3v) is 3.98. The van der Waals surface area contributed by atoms with Gasteiger partial charge in [0.25, 0.3) is 0 Å². The van der Waals surface area contributed by atoms with Crippen molar-refractivity contribution in [1.82, 2.24) is 10.3 Å². The van der Waals surface area contributed by atoms with Gasteiger partial charge in [0.05, 0.1) is 13.2 Å². The number of hydrogen-bond acceptors (Lipinski definition) is 2. The molecule has 2 heterocycles. The molecule has 1 unspecified atom stereocenters.